The first-order chi connectivity index (χ1) is 11.2. The molecule has 9 heteroatoms. The lowest BCUT2D eigenvalue weighted by Gasteiger charge is -2.29. The van der Waals surface area contributed by atoms with Crippen molar-refractivity contribution in [2.75, 3.05) is 14.2 Å². The molecule has 1 fully saturated rings. The molecule has 1 aliphatic rings. The van der Waals surface area contributed by atoms with Crippen molar-refractivity contribution in [3.8, 4) is 11.5 Å². The number of methoxy groups -OCH3 is 2. The van der Waals surface area contributed by atoms with Crippen LogP contribution in [0, 0.1) is 10.1 Å². The van der Waals surface area contributed by atoms with Gasteiger partial charge in [0.2, 0.25) is 0 Å². The summed E-state index contributed by atoms with van der Waals surface area (Å²) in [6.07, 6.45) is 0.999. The van der Waals surface area contributed by atoms with Gasteiger partial charge in [-0.2, -0.15) is 0 Å². The molecule has 128 valence electrons. The van der Waals surface area contributed by atoms with E-state index in [1.54, 1.807) is 0 Å². The summed E-state index contributed by atoms with van der Waals surface area (Å²) in [4.78, 5) is 34.7. The average Bonchev–Trinajstić information content (AvgIpc) is 2.48. The summed E-state index contributed by atoms with van der Waals surface area (Å²) in [5.74, 6) is -3.27. The number of ether oxygens (including phenoxy) is 4. The number of nitro groups is 1. The largest absolute Gasteiger partial charge is 0.496 e. The number of rotatable bonds is 4. The van der Waals surface area contributed by atoms with Crippen LogP contribution in [0.1, 0.15) is 19.4 Å². The Balaban J connectivity index is 2.65. The maximum absolute atomic E-state index is 12.0. The van der Waals surface area contributed by atoms with Gasteiger partial charge in [-0.25, -0.2) is 9.59 Å². The van der Waals surface area contributed by atoms with E-state index in [0.29, 0.717) is 0 Å². The first-order valence-electron chi connectivity index (χ1n) is 6.78. The molecule has 1 aromatic carbocycles. The van der Waals surface area contributed by atoms with Gasteiger partial charge in [-0.05, 0) is 18.2 Å². The summed E-state index contributed by atoms with van der Waals surface area (Å²) >= 11 is 0. The summed E-state index contributed by atoms with van der Waals surface area (Å²) in [5, 5.41) is 11.4. The number of benzene rings is 1. The lowest BCUT2D eigenvalue weighted by Crippen LogP contribution is -2.41. The van der Waals surface area contributed by atoms with Crippen molar-refractivity contribution in [2.24, 2.45) is 0 Å². The Hall–Kier alpha value is -3.10. The third kappa shape index (κ3) is 3.14. The van der Waals surface area contributed by atoms with Gasteiger partial charge in [-0.1, -0.05) is 0 Å². The molecule has 24 heavy (non-hydrogen) atoms. The Kier molecular flexibility index (Phi) is 4.45. The van der Waals surface area contributed by atoms with Gasteiger partial charge in [-0.3, -0.25) is 10.1 Å². The molecular weight excluding hydrogens is 322 g/mol. The predicted octanol–water partition coefficient (Wildman–Crippen LogP) is 1.83. The molecule has 0 atom stereocenters. The van der Waals surface area contributed by atoms with Crippen LogP contribution in [-0.4, -0.2) is 36.9 Å². The van der Waals surface area contributed by atoms with E-state index >= 15 is 0 Å². The van der Waals surface area contributed by atoms with Gasteiger partial charge >= 0.3 is 17.6 Å². The van der Waals surface area contributed by atoms with Crippen LogP contribution in [0.25, 0.3) is 6.08 Å². The van der Waals surface area contributed by atoms with Crippen LogP contribution < -0.4 is 9.47 Å². The van der Waals surface area contributed by atoms with E-state index in [0.717, 1.165) is 6.08 Å². The van der Waals surface area contributed by atoms with E-state index in [1.165, 1.54) is 40.2 Å². The Morgan fingerprint density at radius 3 is 2.04 bits per heavy atom. The van der Waals surface area contributed by atoms with Crippen molar-refractivity contribution in [1.29, 1.82) is 0 Å². The van der Waals surface area contributed by atoms with Gasteiger partial charge in [0.25, 0.3) is 5.79 Å². The molecule has 0 saturated carbocycles. The minimum Gasteiger partial charge on any atom is -0.496 e. The van der Waals surface area contributed by atoms with Crippen molar-refractivity contribution in [3.05, 3.63) is 33.4 Å². The summed E-state index contributed by atoms with van der Waals surface area (Å²) < 4.78 is 20.0. The zero-order chi connectivity index (χ0) is 18.1. The smallest absolute Gasteiger partial charge is 0.348 e. The fraction of sp³-hybridized carbons (Fsp3) is 0.333. The van der Waals surface area contributed by atoms with E-state index in [2.05, 4.69) is 0 Å². The number of hydrogen-bond donors (Lipinski definition) is 0. The normalized spacial score (nSPS) is 16.1. The lowest BCUT2D eigenvalue weighted by atomic mass is 10.1. The second-order valence-corrected chi connectivity index (χ2v) is 5.23. The second kappa shape index (κ2) is 6.19. The average molecular weight is 337 g/mol. The van der Waals surface area contributed by atoms with Gasteiger partial charge in [-0.15, -0.1) is 0 Å². The van der Waals surface area contributed by atoms with Crippen molar-refractivity contribution < 1.29 is 33.5 Å². The highest BCUT2D eigenvalue weighted by Gasteiger charge is 2.39. The second-order valence-electron chi connectivity index (χ2n) is 5.23. The topological polar surface area (TPSA) is 114 Å². The Morgan fingerprint density at radius 1 is 1.08 bits per heavy atom. The zero-order valence-electron chi connectivity index (χ0n) is 13.4. The minimum atomic E-state index is -1.41. The van der Waals surface area contributed by atoms with Gasteiger partial charge in [0, 0.05) is 13.8 Å². The molecule has 0 aromatic heterocycles. The summed E-state index contributed by atoms with van der Waals surface area (Å²) in [6.45, 7) is 2.79. The van der Waals surface area contributed by atoms with Crippen LogP contribution in [0.3, 0.4) is 0 Å². The fourth-order valence-electron chi connectivity index (χ4n) is 2.16. The molecule has 1 saturated heterocycles. The zero-order valence-corrected chi connectivity index (χ0v) is 13.4. The Morgan fingerprint density at radius 2 is 1.58 bits per heavy atom. The number of hydrogen-bond acceptors (Lipinski definition) is 8. The monoisotopic (exact) mass is 337 g/mol. The molecule has 0 radical (unpaired) electrons. The molecule has 1 aromatic rings. The number of carbonyl (C=O) groups is 2. The van der Waals surface area contributed by atoms with Crippen LogP contribution in [0.4, 0.5) is 5.69 Å². The molecule has 1 aliphatic heterocycles. The SMILES string of the molecule is COc1ccc(OC)c([N+](=O)[O-])c1C=C1C(=O)OC(C)(C)OC1=O. The highest BCUT2D eigenvalue weighted by molar-refractivity contribution is 6.19. The molecule has 0 spiro atoms. The van der Waals surface area contributed by atoms with E-state index in [1.807, 2.05) is 0 Å². The van der Waals surface area contributed by atoms with Gasteiger partial charge in [0.15, 0.2) is 5.75 Å². The van der Waals surface area contributed by atoms with E-state index in [-0.39, 0.29) is 17.1 Å². The van der Waals surface area contributed by atoms with Crippen LogP contribution >= 0.6 is 0 Å². The summed E-state index contributed by atoms with van der Waals surface area (Å²) in [5.41, 5.74) is -1.04. The maximum atomic E-state index is 12.0. The third-order valence-electron chi connectivity index (χ3n) is 3.17. The Labute approximate surface area is 136 Å². The first kappa shape index (κ1) is 17.3. The highest BCUT2D eigenvalue weighted by atomic mass is 16.7. The maximum Gasteiger partial charge on any atom is 0.348 e. The quantitative estimate of drug-likeness (QED) is 0.269. The van der Waals surface area contributed by atoms with Crippen molar-refractivity contribution in [1.82, 2.24) is 0 Å². The van der Waals surface area contributed by atoms with Crippen LogP contribution in [0.2, 0.25) is 0 Å². The molecule has 0 N–H and O–H groups in total. The molecule has 0 aliphatic carbocycles. The molecule has 2 rings (SSSR count). The van der Waals surface area contributed by atoms with Crippen molar-refractivity contribution in [3.63, 3.8) is 0 Å². The molecule has 0 unspecified atom stereocenters. The predicted molar refractivity (Wildman–Crippen MR) is 80.4 cm³/mol. The molecule has 1 heterocycles. The molecule has 0 bridgehead atoms. The number of esters is 2. The lowest BCUT2D eigenvalue weighted by molar-refractivity contribution is -0.386. The first-order valence-corrected chi connectivity index (χ1v) is 6.78. The van der Waals surface area contributed by atoms with Crippen LogP contribution in [0.15, 0.2) is 17.7 Å². The van der Waals surface area contributed by atoms with Crippen LogP contribution in [-0.2, 0) is 19.1 Å². The summed E-state index contributed by atoms with van der Waals surface area (Å²) in [7, 11) is 2.56. The number of nitro benzene ring substituents is 1. The van der Waals surface area contributed by atoms with E-state index < -0.39 is 33.9 Å². The highest BCUT2D eigenvalue weighted by Crippen LogP contribution is 2.39. The van der Waals surface area contributed by atoms with Gasteiger partial charge in [0.1, 0.15) is 11.3 Å². The van der Waals surface area contributed by atoms with Crippen molar-refractivity contribution >= 4 is 23.7 Å². The van der Waals surface area contributed by atoms with Gasteiger partial charge in [0.05, 0.1) is 24.7 Å². The van der Waals surface area contributed by atoms with Crippen LogP contribution in [0.5, 0.6) is 11.5 Å². The van der Waals surface area contributed by atoms with Crippen molar-refractivity contribution in [2.45, 2.75) is 19.6 Å². The molecular formula is C15H15NO8. The number of carbonyl (C=O) groups excluding carboxylic acids is 2. The number of nitrogens with zero attached hydrogens (tertiary/aromatic N) is 1. The summed E-state index contributed by atoms with van der Waals surface area (Å²) in [6, 6.07) is 2.77. The minimum absolute atomic E-state index is 0.0504. The van der Waals surface area contributed by atoms with Gasteiger partial charge < -0.3 is 18.9 Å². The fourth-order valence-corrected chi connectivity index (χ4v) is 2.16. The van der Waals surface area contributed by atoms with E-state index in [4.69, 9.17) is 18.9 Å². The third-order valence-corrected chi connectivity index (χ3v) is 3.17. The van der Waals surface area contributed by atoms with E-state index in [9.17, 15) is 19.7 Å². The number of cyclic esters (lactones) is 2. The molecule has 9 nitrogen and oxygen atoms in total. The Bertz CT molecular complexity index is 728. The standard InChI is InChI=1S/C15H15NO8/c1-15(2)23-13(17)9(14(18)24-15)7-8-10(21-3)5-6-11(22-4)12(8)16(19)20/h5-7H,1-4H3. The molecule has 0 amide bonds.